The summed E-state index contributed by atoms with van der Waals surface area (Å²) in [7, 11) is 0. The number of likely N-dealkylation sites (tertiary alicyclic amines) is 1. The molecule has 1 N–H and O–H groups in total. The lowest BCUT2D eigenvalue weighted by molar-refractivity contribution is -0.121. The van der Waals surface area contributed by atoms with E-state index < -0.39 is 17.5 Å². The Kier molecular flexibility index (Phi) is 5.83. The van der Waals surface area contributed by atoms with Crippen LogP contribution in [0.1, 0.15) is 31.7 Å². The van der Waals surface area contributed by atoms with Crippen LogP contribution >= 0.6 is 0 Å². The van der Waals surface area contributed by atoms with Crippen LogP contribution in [0.2, 0.25) is 0 Å². The molecule has 0 aromatic heterocycles. The number of amides is 1. The van der Waals surface area contributed by atoms with Gasteiger partial charge < -0.3 is 5.32 Å². The highest BCUT2D eigenvalue weighted by molar-refractivity contribution is 5.75. The number of carbonyl (C=O) groups is 1. The summed E-state index contributed by atoms with van der Waals surface area (Å²) >= 11 is 0. The van der Waals surface area contributed by atoms with E-state index in [2.05, 4.69) is 5.32 Å². The van der Waals surface area contributed by atoms with Gasteiger partial charge in [-0.25, -0.2) is 13.2 Å². The lowest BCUT2D eigenvalue weighted by Crippen LogP contribution is -2.30. The van der Waals surface area contributed by atoms with Crippen LogP contribution in [0.4, 0.5) is 13.2 Å². The molecule has 3 nitrogen and oxygen atoms in total. The number of carbonyl (C=O) groups excluding carboxylic acids is 1. The molecule has 0 bridgehead atoms. The predicted octanol–water partition coefficient (Wildman–Crippen LogP) is 2.84. The molecule has 1 aliphatic heterocycles. The molecule has 1 aromatic rings. The van der Waals surface area contributed by atoms with Crippen LogP contribution in [0.25, 0.3) is 0 Å². The molecule has 0 saturated carbocycles. The summed E-state index contributed by atoms with van der Waals surface area (Å²) in [5, 5.41) is 2.87. The maximum atomic E-state index is 13.7. The first-order chi connectivity index (χ1) is 10.5. The van der Waals surface area contributed by atoms with Crippen LogP contribution in [0.5, 0.6) is 0 Å². The molecule has 0 radical (unpaired) electrons. The highest BCUT2D eigenvalue weighted by Crippen LogP contribution is 2.22. The Morgan fingerprint density at radius 1 is 1.32 bits per heavy atom. The fraction of sp³-hybridized carbons (Fsp3) is 0.562. The number of hydrogen-bond donors (Lipinski definition) is 1. The van der Waals surface area contributed by atoms with Crippen LogP contribution in [-0.2, 0) is 11.3 Å². The maximum Gasteiger partial charge on any atom is 0.219 e. The summed E-state index contributed by atoms with van der Waals surface area (Å²) in [4.78, 5) is 13.3. The molecule has 1 unspecified atom stereocenters. The Morgan fingerprint density at radius 3 is 2.77 bits per heavy atom. The number of rotatable bonds is 6. The smallest absolute Gasteiger partial charge is 0.219 e. The number of benzene rings is 1. The Bertz CT molecular complexity index is 536. The number of halogens is 3. The van der Waals surface area contributed by atoms with Crippen molar-refractivity contribution in [3.63, 3.8) is 0 Å². The first kappa shape index (κ1) is 16.8. The van der Waals surface area contributed by atoms with Gasteiger partial charge in [0.1, 0.15) is 5.82 Å². The van der Waals surface area contributed by atoms with Gasteiger partial charge in [0.2, 0.25) is 5.91 Å². The molecular formula is C16H21F3N2O. The van der Waals surface area contributed by atoms with Crippen LogP contribution in [0.15, 0.2) is 12.1 Å². The minimum absolute atomic E-state index is 0.0307. The molecule has 0 spiro atoms. The van der Waals surface area contributed by atoms with E-state index in [0.29, 0.717) is 26.1 Å². The largest absolute Gasteiger partial charge is 0.356 e. The zero-order chi connectivity index (χ0) is 16.1. The zero-order valence-corrected chi connectivity index (χ0v) is 12.7. The standard InChI is InChI=1S/C16H21F3N2O/c1-2-3-15(22)20-8-11-6-7-21(9-11)10-12-13(17)4-5-14(18)16(12)19/h4-5,11H,2-3,6-10H2,1H3,(H,20,22). The van der Waals surface area contributed by atoms with Crippen LogP contribution in [-0.4, -0.2) is 30.4 Å². The first-order valence-corrected chi connectivity index (χ1v) is 7.62. The fourth-order valence-corrected chi connectivity index (χ4v) is 2.73. The van der Waals surface area contributed by atoms with Crippen molar-refractivity contribution in [1.29, 1.82) is 0 Å². The average molecular weight is 314 g/mol. The Hall–Kier alpha value is -1.56. The predicted molar refractivity (Wildman–Crippen MR) is 77.6 cm³/mol. The molecule has 0 aliphatic carbocycles. The first-order valence-electron chi connectivity index (χ1n) is 7.62. The second-order valence-corrected chi connectivity index (χ2v) is 5.77. The minimum atomic E-state index is -1.11. The third-order valence-electron chi connectivity index (χ3n) is 3.96. The summed E-state index contributed by atoms with van der Waals surface area (Å²) < 4.78 is 40.5. The van der Waals surface area contributed by atoms with E-state index in [4.69, 9.17) is 0 Å². The van der Waals surface area contributed by atoms with Crippen LogP contribution in [0.3, 0.4) is 0 Å². The van der Waals surface area contributed by atoms with Crippen LogP contribution in [0, 0.1) is 23.4 Å². The quantitative estimate of drug-likeness (QED) is 0.819. The summed E-state index contributed by atoms with van der Waals surface area (Å²) in [5.41, 5.74) is -0.226. The van der Waals surface area contributed by atoms with Crippen molar-refractivity contribution < 1.29 is 18.0 Å². The van der Waals surface area contributed by atoms with Gasteiger partial charge in [0.25, 0.3) is 0 Å². The van der Waals surface area contributed by atoms with E-state index in [-0.39, 0.29) is 23.9 Å². The van der Waals surface area contributed by atoms with Gasteiger partial charge in [-0.2, -0.15) is 0 Å². The van der Waals surface area contributed by atoms with Gasteiger partial charge in [-0.1, -0.05) is 6.92 Å². The fourth-order valence-electron chi connectivity index (χ4n) is 2.73. The molecule has 122 valence electrons. The minimum Gasteiger partial charge on any atom is -0.356 e. The van der Waals surface area contributed by atoms with Crippen molar-refractivity contribution in [1.82, 2.24) is 10.2 Å². The normalized spacial score (nSPS) is 18.6. The monoisotopic (exact) mass is 314 g/mol. The van der Waals surface area contributed by atoms with Crippen molar-refractivity contribution in [3.8, 4) is 0 Å². The topological polar surface area (TPSA) is 32.3 Å². The number of nitrogens with one attached hydrogen (secondary N) is 1. The molecular weight excluding hydrogens is 293 g/mol. The second kappa shape index (κ2) is 7.63. The summed E-state index contributed by atoms with van der Waals surface area (Å²) in [6, 6.07) is 1.75. The Morgan fingerprint density at radius 2 is 2.05 bits per heavy atom. The number of hydrogen-bond acceptors (Lipinski definition) is 2. The molecule has 1 amide bonds. The van der Waals surface area contributed by atoms with E-state index in [1.807, 2.05) is 11.8 Å². The average Bonchev–Trinajstić information content (AvgIpc) is 2.94. The number of nitrogens with zero attached hydrogens (tertiary/aromatic N) is 1. The van der Waals surface area contributed by atoms with Crippen LogP contribution < -0.4 is 5.32 Å². The van der Waals surface area contributed by atoms with E-state index in [9.17, 15) is 18.0 Å². The highest BCUT2D eigenvalue weighted by Gasteiger charge is 2.25. The molecule has 22 heavy (non-hydrogen) atoms. The second-order valence-electron chi connectivity index (χ2n) is 5.77. The van der Waals surface area contributed by atoms with Gasteiger partial charge in [0.15, 0.2) is 11.6 Å². The molecule has 1 fully saturated rings. The van der Waals surface area contributed by atoms with E-state index in [1.165, 1.54) is 0 Å². The van der Waals surface area contributed by atoms with Gasteiger partial charge in [0, 0.05) is 31.6 Å². The van der Waals surface area contributed by atoms with Crippen molar-refractivity contribution in [2.75, 3.05) is 19.6 Å². The van der Waals surface area contributed by atoms with Gasteiger partial charge in [0.05, 0.1) is 0 Å². The van der Waals surface area contributed by atoms with Gasteiger partial charge >= 0.3 is 0 Å². The Labute approximate surface area is 128 Å². The van der Waals surface area contributed by atoms with Gasteiger partial charge in [-0.3, -0.25) is 9.69 Å². The summed E-state index contributed by atoms with van der Waals surface area (Å²) in [6.45, 7) is 3.89. The van der Waals surface area contributed by atoms with E-state index in [1.54, 1.807) is 0 Å². The van der Waals surface area contributed by atoms with Crippen molar-refractivity contribution in [2.45, 2.75) is 32.7 Å². The molecule has 2 rings (SSSR count). The summed E-state index contributed by atoms with van der Waals surface area (Å²) in [6.07, 6.45) is 2.17. The van der Waals surface area contributed by atoms with Crippen molar-refractivity contribution in [2.24, 2.45) is 5.92 Å². The molecule has 1 saturated heterocycles. The van der Waals surface area contributed by atoms with E-state index >= 15 is 0 Å². The molecule has 1 aliphatic rings. The van der Waals surface area contributed by atoms with Crippen molar-refractivity contribution in [3.05, 3.63) is 35.1 Å². The highest BCUT2D eigenvalue weighted by atomic mass is 19.2. The lowest BCUT2D eigenvalue weighted by Gasteiger charge is -2.17. The third kappa shape index (κ3) is 4.22. The SMILES string of the molecule is CCCC(=O)NCC1CCN(Cc2c(F)ccc(F)c2F)C1. The summed E-state index contributed by atoms with van der Waals surface area (Å²) in [5.74, 6) is -2.57. The third-order valence-corrected chi connectivity index (χ3v) is 3.96. The van der Waals surface area contributed by atoms with Crippen molar-refractivity contribution >= 4 is 5.91 Å². The Balaban J connectivity index is 1.87. The lowest BCUT2D eigenvalue weighted by atomic mass is 10.1. The molecule has 1 atom stereocenters. The molecule has 1 aromatic carbocycles. The maximum absolute atomic E-state index is 13.7. The zero-order valence-electron chi connectivity index (χ0n) is 12.7. The van der Waals surface area contributed by atoms with E-state index in [0.717, 1.165) is 25.0 Å². The molecule has 6 heteroatoms. The van der Waals surface area contributed by atoms with Gasteiger partial charge in [-0.15, -0.1) is 0 Å². The van der Waals surface area contributed by atoms with Gasteiger partial charge in [-0.05, 0) is 37.4 Å². The molecule has 1 heterocycles.